The number of hydrogen-bond acceptors (Lipinski definition) is 6. The van der Waals surface area contributed by atoms with Gasteiger partial charge in [-0.2, -0.15) is 0 Å². The number of anilines is 2. The number of pyridine rings is 1. The van der Waals surface area contributed by atoms with Crippen molar-refractivity contribution in [1.82, 2.24) is 4.98 Å². The van der Waals surface area contributed by atoms with E-state index in [2.05, 4.69) is 10.3 Å². The monoisotopic (exact) mass is 519 g/mol. The van der Waals surface area contributed by atoms with Crippen LogP contribution in [0, 0.1) is 5.82 Å². The zero-order valence-electron chi connectivity index (χ0n) is 20.5. The number of fused-ring (bicyclic) bond motifs is 1. The van der Waals surface area contributed by atoms with Crippen LogP contribution in [0.3, 0.4) is 0 Å². The number of nitrogens with zero attached hydrogens (tertiary/aromatic N) is 2. The Morgan fingerprint density at radius 2 is 1.71 bits per heavy atom. The van der Waals surface area contributed by atoms with Crippen LogP contribution < -0.4 is 24.4 Å². The van der Waals surface area contributed by atoms with Gasteiger partial charge in [-0.05, 0) is 36.4 Å². The SMILES string of the molecule is COc1cc2nccc(Oc3ccc(NC(=O)C4(F)CCN(c5ccccc5)C4=O)cc3F)c2cc1OC. The number of benzene rings is 3. The molecule has 1 aliphatic heterocycles. The predicted octanol–water partition coefficient (Wildman–Crippen LogP) is 5.27. The molecule has 0 radical (unpaired) electrons. The van der Waals surface area contributed by atoms with E-state index < -0.39 is 23.3 Å². The number of carbonyl (C=O) groups is 2. The lowest BCUT2D eigenvalue weighted by atomic mass is 10.0. The molecular formula is C28H23F2N3O5. The van der Waals surface area contributed by atoms with Crippen molar-refractivity contribution in [2.75, 3.05) is 31.0 Å². The molecule has 0 spiro atoms. The summed E-state index contributed by atoms with van der Waals surface area (Å²) in [5.74, 6) is -1.81. The highest BCUT2D eigenvalue weighted by atomic mass is 19.1. The maximum absolute atomic E-state index is 15.5. The number of carbonyl (C=O) groups excluding carboxylic acids is 2. The molecule has 1 aliphatic rings. The Balaban J connectivity index is 1.34. The van der Waals surface area contributed by atoms with Gasteiger partial charge in [0.15, 0.2) is 23.1 Å². The first-order chi connectivity index (χ1) is 18.3. The Morgan fingerprint density at radius 1 is 0.974 bits per heavy atom. The average Bonchev–Trinajstić information content (AvgIpc) is 3.25. The average molecular weight is 520 g/mol. The second kappa shape index (κ2) is 9.97. The van der Waals surface area contributed by atoms with Gasteiger partial charge < -0.3 is 24.4 Å². The molecule has 8 nitrogen and oxygen atoms in total. The zero-order valence-corrected chi connectivity index (χ0v) is 20.5. The van der Waals surface area contributed by atoms with Crippen LogP contribution in [0.25, 0.3) is 10.9 Å². The first-order valence-electron chi connectivity index (χ1n) is 11.7. The van der Waals surface area contributed by atoms with Crippen molar-refractivity contribution < 1.29 is 32.6 Å². The van der Waals surface area contributed by atoms with Crippen LogP contribution in [0.2, 0.25) is 0 Å². The van der Waals surface area contributed by atoms with E-state index in [9.17, 15) is 14.0 Å². The molecule has 0 saturated carbocycles. The number of rotatable bonds is 7. The van der Waals surface area contributed by atoms with Gasteiger partial charge in [0.1, 0.15) is 5.75 Å². The van der Waals surface area contributed by atoms with Crippen molar-refractivity contribution in [3.05, 3.63) is 78.7 Å². The van der Waals surface area contributed by atoms with Gasteiger partial charge in [0.2, 0.25) is 0 Å². The van der Waals surface area contributed by atoms with Crippen molar-refractivity contribution in [2.45, 2.75) is 12.1 Å². The van der Waals surface area contributed by atoms with Crippen LogP contribution in [0.5, 0.6) is 23.0 Å². The quantitative estimate of drug-likeness (QED) is 0.335. The normalized spacial score (nSPS) is 16.9. The third kappa shape index (κ3) is 4.45. The Labute approximate surface area is 216 Å². The van der Waals surface area contributed by atoms with E-state index in [-0.39, 0.29) is 24.4 Å². The lowest BCUT2D eigenvalue weighted by Gasteiger charge is -2.20. The maximum atomic E-state index is 15.5. The number of aromatic nitrogens is 1. The fraction of sp³-hybridized carbons (Fsp3) is 0.179. The highest BCUT2D eigenvalue weighted by Gasteiger charge is 2.54. The fourth-order valence-corrected chi connectivity index (χ4v) is 4.30. The van der Waals surface area contributed by atoms with E-state index >= 15 is 4.39 Å². The summed E-state index contributed by atoms with van der Waals surface area (Å²) in [4.78, 5) is 31.0. The van der Waals surface area contributed by atoms with E-state index in [1.54, 1.807) is 48.5 Å². The molecule has 2 amide bonds. The number of alkyl halides is 1. The molecule has 1 N–H and O–H groups in total. The lowest BCUT2D eigenvalue weighted by molar-refractivity contribution is -0.138. The molecule has 0 aliphatic carbocycles. The molecule has 10 heteroatoms. The Morgan fingerprint density at radius 3 is 2.42 bits per heavy atom. The first kappa shape index (κ1) is 24.9. The molecule has 1 atom stereocenters. The number of methoxy groups -OCH3 is 2. The second-order valence-corrected chi connectivity index (χ2v) is 8.58. The van der Waals surface area contributed by atoms with Gasteiger partial charge in [0.05, 0.1) is 19.7 Å². The Kier molecular flexibility index (Phi) is 6.54. The summed E-state index contributed by atoms with van der Waals surface area (Å²) in [6, 6.07) is 17.1. The predicted molar refractivity (Wildman–Crippen MR) is 137 cm³/mol. The molecular weight excluding hydrogens is 496 g/mol. The van der Waals surface area contributed by atoms with Crippen LogP contribution in [-0.2, 0) is 9.59 Å². The minimum absolute atomic E-state index is 0.0196. The summed E-state index contributed by atoms with van der Waals surface area (Å²) in [7, 11) is 3.00. The summed E-state index contributed by atoms with van der Waals surface area (Å²) in [5.41, 5.74) is -1.74. The fourth-order valence-electron chi connectivity index (χ4n) is 4.30. The van der Waals surface area contributed by atoms with Crippen LogP contribution in [0.1, 0.15) is 6.42 Å². The molecule has 1 fully saturated rings. The summed E-state index contributed by atoms with van der Waals surface area (Å²) in [6.07, 6.45) is 1.19. The third-order valence-corrected chi connectivity index (χ3v) is 6.31. The number of amides is 2. The van der Waals surface area contributed by atoms with Crippen LogP contribution >= 0.6 is 0 Å². The molecule has 3 aromatic carbocycles. The van der Waals surface area contributed by atoms with Crippen molar-refractivity contribution in [2.24, 2.45) is 0 Å². The smallest absolute Gasteiger partial charge is 0.274 e. The molecule has 38 heavy (non-hydrogen) atoms. The van der Waals surface area contributed by atoms with Crippen molar-refractivity contribution >= 4 is 34.1 Å². The molecule has 0 bridgehead atoms. The summed E-state index contributed by atoms with van der Waals surface area (Å²) >= 11 is 0. The third-order valence-electron chi connectivity index (χ3n) is 6.31. The van der Waals surface area contributed by atoms with E-state index in [0.29, 0.717) is 33.8 Å². The largest absolute Gasteiger partial charge is 0.493 e. The van der Waals surface area contributed by atoms with Gasteiger partial charge in [-0.15, -0.1) is 0 Å². The minimum Gasteiger partial charge on any atom is -0.493 e. The summed E-state index contributed by atoms with van der Waals surface area (Å²) in [5, 5.41) is 2.88. The van der Waals surface area contributed by atoms with Gasteiger partial charge in [-0.1, -0.05) is 18.2 Å². The molecule has 1 aromatic heterocycles. The Bertz CT molecular complexity index is 1530. The Hall–Kier alpha value is -4.73. The van der Waals surface area contributed by atoms with Crippen LogP contribution in [0.4, 0.5) is 20.2 Å². The summed E-state index contributed by atoms with van der Waals surface area (Å²) < 4.78 is 46.9. The molecule has 1 saturated heterocycles. The highest BCUT2D eigenvalue weighted by molar-refractivity contribution is 6.20. The number of nitrogens with one attached hydrogen (secondary N) is 1. The van der Waals surface area contributed by atoms with Gasteiger partial charge in [-0.3, -0.25) is 14.6 Å². The van der Waals surface area contributed by atoms with E-state index in [0.717, 1.165) is 6.07 Å². The minimum atomic E-state index is -2.77. The zero-order chi connectivity index (χ0) is 26.9. The van der Waals surface area contributed by atoms with Gasteiger partial charge in [-0.25, -0.2) is 8.78 Å². The van der Waals surface area contributed by atoms with Crippen LogP contribution in [-0.4, -0.2) is 43.2 Å². The highest BCUT2D eigenvalue weighted by Crippen LogP contribution is 2.38. The van der Waals surface area contributed by atoms with E-state index in [4.69, 9.17) is 14.2 Å². The lowest BCUT2D eigenvalue weighted by Crippen LogP contribution is -2.46. The van der Waals surface area contributed by atoms with Gasteiger partial charge in [0.25, 0.3) is 17.5 Å². The van der Waals surface area contributed by atoms with Crippen LogP contribution in [0.15, 0.2) is 72.9 Å². The molecule has 4 aromatic rings. The number of hydrogen-bond donors (Lipinski definition) is 1. The molecule has 1 unspecified atom stereocenters. The van der Waals surface area contributed by atoms with Gasteiger partial charge >= 0.3 is 0 Å². The number of ether oxygens (including phenoxy) is 3. The van der Waals surface area contributed by atoms with Crippen molar-refractivity contribution in [3.8, 4) is 23.0 Å². The topological polar surface area (TPSA) is 90.0 Å². The molecule has 194 valence electrons. The van der Waals surface area contributed by atoms with Gasteiger partial charge in [0, 0.05) is 48.1 Å². The van der Waals surface area contributed by atoms with E-state index in [1.807, 2.05) is 0 Å². The van der Waals surface area contributed by atoms with Crippen molar-refractivity contribution in [1.29, 1.82) is 0 Å². The maximum Gasteiger partial charge on any atom is 0.274 e. The van der Waals surface area contributed by atoms with E-state index in [1.165, 1.54) is 37.4 Å². The molecule has 5 rings (SSSR count). The summed E-state index contributed by atoms with van der Waals surface area (Å²) in [6.45, 7) is 0.0461. The second-order valence-electron chi connectivity index (χ2n) is 8.58. The number of halogens is 2. The number of para-hydroxylation sites is 1. The first-order valence-corrected chi connectivity index (χ1v) is 11.7. The van der Waals surface area contributed by atoms with Crippen molar-refractivity contribution in [3.63, 3.8) is 0 Å². The standard InChI is InChI=1S/C28H23F2N3O5/c1-36-24-15-19-21(16-25(24)37-2)31-12-10-22(19)38-23-9-8-17(14-20(23)29)32-26(34)28(30)11-13-33(27(28)35)18-6-4-3-5-7-18/h3-10,12,14-16H,11,13H2,1-2H3,(H,32,34). The molecule has 2 heterocycles.